The number of halogens is 6. The molecule has 0 rings (SSSR count). The van der Waals surface area contributed by atoms with E-state index < -0.39 is 2.49 Å². The first-order chi connectivity index (χ1) is 2.45. The Morgan fingerprint density at radius 2 is 0.571 bits per heavy atom. The fourth-order valence-electron chi connectivity index (χ4n) is 0. The van der Waals surface area contributed by atoms with Crippen molar-refractivity contribution in [2.75, 3.05) is 0 Å². The molecule has 0 aromatic rings. The average molecular weight is 601 g/mol. The van der Waals surface area contributed by atoms with Crippen molar-refractivity contribution in [2.24, 2.45) is 0 Å². The quantitative estimate of drug-likeness (QED) is 0.354. The maximum absolute atomic E-state index is 3.38. The average Bonchev–Trinajstić information content (AvgIpc) is 0.592. The summed E-state index contributed by atoms with van der Waals surface area (Å²) in [4.78, 5) is 0. The normalized spacial score (nSPS) is 23.1. The van der Waals surface area contributed by atoms with E-state index in [1.165, 1.54) is 0 Å². The van der Waals surface area contributed by atoms with E-state index in [1.807, 2.05) is 0 Å². The van der Waals surface area contributed by atoms with Crippen molar-refractivity contribution in [3.05, 3.63) is 0 Å². The second-order valence-electron chi connectivity index (χ2n) is 0.958. The van der Waals surface area contributed by atoms with Crippen LogP contribution in [0.3, 0.4) is 0 Å². The van der Waals surface area contributed by atoms with E-state index in [1.54, 1.807) is 0 Å². The monoisotopic (exact) mass is 594 g/mol. The summed E-state index contributed by atoms with van der Waals surface area (Å²) in [7, 11) is 0. The zero-order chi connectivity index (χ0) is 6.41. The summed E-state index contributed by atoms with van der Waals surface area (Å²) in [5.41, 5.74) is 0. The molecule has 0 atom stereocenters. The van der Waals surface area contributed by atoms with E-state index in [0.29, 0.717) is 0 Å². The van der Waals surface area contributed by atoms with Gasteiger partial charge in [0.2, 0.25) is 0 Å². The molecule has 0 aliphatic heterocycles. The van der Waals surface area contributed by atoms with E-state index in [9.17, 15) is 0 Å². The first-order valence-corrected chi connectivity index (χ1v) is 35.4. The Bertz CT molecular complexity index is 62.7. The van der Waals surface area contributed by atoms with Crippen LogP contribution in [0.25, 0.3) is 0 Å². The fraction of sp³-hybridized carbons (Fsp3) is 0. The molecule has 0 N–H and O–H groups in total. The van der Waals surface area contributed by atoms with Gasteiger partial charge in [0, 0.05) is 0 Å². The minimum absolute atomic E-state index is 3.36. The van der Waals surface area contributed by atoms with Crippen molar-refractivity contribution >= 4 is 78.1 Å². The molecule has 0 saturated heterocycles. The SMILES string of the molecule is [Br][Sb-]([Br])([Br])([Br])([Br])[Br]. The van der Waals surface area contributed by atoms with Gasteiger partial charge in [0.1, 0.15) is 0 Å². The summed E-state index contributed by atoms with van der Waals surface area (Å²) in [6.07, 6.45) is 0. The summed E-state index contributed by atoms with van der Waals surface area (Å²) in [6.45, 7) is 0. The van der Waals surface area contributed by atoms with E-state index >= 15 is 0 Å². The molecule has 7 heavy (non-hydrogen) atoms. The van der Waals surface area contributed by atoms with E-state index in [-0.39, 0.29) is 0 Å². The van der Waals surface area contributed by atoms with Crippen LogP contribution in [0, 0.1) is 0 Å². The van der Waals surface area contributed by atoms with Gasteiger partial charge in [0.25, 0.3) is 0 Å². The molecular weight excluding hydrogens is 601 g/mol. The molecule has 0 unspecified atom stereocenters. The van der Waals surface area contributed by atoms with E-state index in [2.05, 4.69) is 75.6 Å². The first kappa shape index (κ1) is 10.7. The van der Waals surface area contributed by atoms with Crippen molar-refractivity contribution in [1.29, 1.82) is 0 Å². The topological polar surface area (TPSA) is 0 Å². The molecule has 0 aliphatic rings. The predicted molar refractivity (Wildman–Crippen MR) is 59.3 cm³/mol. The maximum atomic E-state index is 3.36. The summed E-state index contributed by atoms with van der Waals surface area (Å²) in [5.74, 6) is 0. The van der Waals surface area contributed by atoms with Crippen molar-refractivity contribution in [3.63, 3.8) is 0 Å². The molecule has 0 fully saturated rings. The van der Waals surface area contributed by atoms with Crippen molar-refractivity contribution in [2.45, 2.75) is 0 Å². The van der Waals surface area contributed by atoms with Gasteiger partial charge < -0.3 is 0 Å². The summed E-state index contributed by atoms with van der Waals surface area (Å²) < 4.78 is -3.38. The Morgan fingerprint density at radius 3 is 0.571 bits per heavy atom. The third-order valence-corrected chi connectivity index (χ3v) is 0. The van der Waals surface area contributed by atoms with Gasteiger partial charge in [-0.1, -0.05) is 0 Å². The second kappa shape index (κ2) is 2.10. The molecule has 0 aromatic carbocycles. The molecule has 0 aromatic heterocycles. The Morgan fingerprint density at radius 1 is 0.571 bits per heavy atom. The summed E-state index contributed by atoms with van der Waals surface area (Å²) >= 11 is 20.2. The van der Waals surface area contributed by atoms with Crippen LogP contribution in [0.2, 0.25) is 0 Å². The van der Waals surface area contributed by atoms with Crippen LogP contribution in [-0.4, -0.2) is 2.49 Å². The van der Waals surface area contributed by atoms with Gasteiger partial charge in [0.05, 0.1) is 0 Å². The Hall–Kier alpha value is 3.70. The molecule has 0 nitrogen and oxygen atoms in total. The zero-order valence-electron chi connectivity index (χ0n) is 2.72. The number of rotatable bonds is 0. The van der Waals surface area contributed by atoms with Gasteiger partial charge in [-0.3, -0.25) is 0 Å². The molecule has 0 bridgehead atoms. The van der Waals surface area contributed by atoms with Crippen LogP contribution in [0.4, 0.5) is 0 Å². The Kier molecular flexibility index (Phi) is 3.21. The molecule has 0 heterocycles. The molecule has 0 aliphatic carbocycles. The zero-order valence-corrected chi connectivity index (χ0v) is 14.8. The standard InChI is InChI=1S/6BrH.Sb/h6*1H;/q;;;;;;+5/p-6. The minimum atomic E-state index is -3.38. The first-order valence-electron chi connectivity index (χ1n) is 1.01. The summed E-state index contributed by atoms with van der Waals surface area (Å²) in [5, 5.41) is 0. The molecule has 0 amide bonds. The van der Waals surface area contributed by atoms with Crippen LogP contribution < -0.4 is 0 Å². The van der Waals surface area contributed by atoms with Gasteiger partial charge in [-0.2, -0.15) is 0 Å². The molecular formula is Br6Sb-. The van der Waals surface area contributed by atoms with Crippen molar-refractivity contribution in [1.82, 2.24) is 0 Å². The van der Waals surface area contributed by atoms with Crippen LogP contribution in [0.1, 0.15) is 0 Å². The molecule has 48 valence electrons. The van der Waals surface area contributed by atoms with Gasteiger partial charge >= 0.3 is 78.1 Å². The van der Waals surface area contributed by atoms with Gasteiger partial charge in [-0.05, 0) is 0 Å². The van der Waals surface area contributed by atoms with Crippen molar-refractivity contribution in [3.8, 4) is 0 Å². The van der Waals surface area contributed by atoms with Gasteiger partial charge in [-0.15, -0.1) is 0 Å². The van der Waals surface area contributed by atoms with E-state index in [4.69, 9.17) is 0 Å². The third-order valence-electron chi connectivity index (χ3n) is 0. The third kappa shape index (κ3) is 42.0. The summed E-state index contributed by atoms with van der Waals surface area (Å²) in [6, 6.07) is 0. The van der Waals surface area contributed by atoms with Gasteiger partial charge in [0.15, 0.2) is 0 Å². The molecule has 7 heteroatoms. The van der Waals surface area contributed by atoms with Crippen LogP contribution in [0.15, 0.2) is 0 Å². The number of hydrogen-bond donors (Lipinski definition) is 0. The Labute approximate surface area is 75.8 Å². The van der Waals surface area contributed by atoms with Crippen LogP contribution in [-0.2, 0) is 0 Å². The number of hydrogen-bond acceptors (Lipinski definition) is 0. The van der Waals surface area contributed by atoms with Crippen LogP contribution in [0.5, 0.6) is 0 Å². The predicted octanol–water partition coefficient (Wildman–Crippen LogP) is 4.69. The second-order valence-corrected chi connectivity index (χ2v) is 174. The van der Waals surface area contributed by atoms with Gasteiger partial charge in [-0.25, -0.2) is 0 Å². The van der Waals surface area contributed by atoms with Crippen LogP contribution >= 0.6 is 75.6 Å². The Balaban J connectivity index is 4.43. The molecule has 0 spiro atoms. The fourth-order valence-corrected chi connectivity index (χ4v) is 0. The molecule has 0 radical (unpaired) electrons. The van der Waals surface area contributed by atoms with Crippen molar-refractivity contribution < 1.29 is 0 Å². The molecule has 0 saturated carbocycles. The van der Waals surface area contributed by atoms with E-state index in [0.717, 1.165) is 0 Å².